The molecule has 6 nitrogen and oxygen atoms in total. The Kier molecular flexibility index (Phi) is 4.55. The van der Waals surface area contributed by atoms with Crippen LogP contribution in [0.25, 0.3) is 0 Å². The summed E-state index contributed by atoms with van der Waals surface area (Å²) in [7, 11) is -2.46. The maximum absolute atomic E-state index is 12.3. The van der Waals surface area contributed by atoms with Gasteiger partial charge >= 0.3 is 5.97 Å². The number of sulfonamides is 1. The fraction of sp³-hybridized carbons (Fsp3) is 0.0833. The highest BCUT2D eigenvalue weighted by Gasteiger charge is 2.21. The number of thiophene rings is 1. The summed E-state index contributed by atoms with van der Waals surface area (Å²) < 4.78 is 32.5. The summed E-state index contributed by atoms with van der Waals surface area (Å²) in [4.78, 5) is 11.0. The number of ether oxygens (including phenoxy) is 1. The molecule has 0 saturated heterocycles. The van der Waals surface area contributed by atoms with Crippen LogP contribution in [0.4, 0.5) is 5.69 Å². The second-order valence-corrected chi connectivity index (χ2v) is 7.53. The Morgan fingerprint density at radius 3 is 2.62 bits per heavy atom. The predicted molar refractivity (Wildman–Crippen MR) is 82.8 cm³/mol. The van der Waals surface area contributed by atoms with Crippen LogP contribution in [-0.2, 0) is 10.0 Å². The van der Waals surface area contributed by atoms with E-state index in [1.54, 1.807) is 11.4 Å². The van der Waals surface area contributed by atoms with Gasteiger partial charge in [0.25, 0.3) is 10.0 Å². The normalized spacial score (nSPS) is 11.1. The first-order valence-corrected chi connectivity index (χ1v) is 8.68. The zero-order valence-electron chi connectivity index (χ0n) is 10.7. The van der Waals surface area contributed by atoms with Crippen molar-refractivity contribution in [2.24, 2.45) is 0 Å². The van der Waals surface area contributed by atoms with E-state index >= 15 is 0 Å². The third kappa shape index (κ3) is 3.36. The van der Waals surface area contributed by atoms with Gasteiger partial charge in [-0.15, -0.1) is 11.3 Å². The lowest BCUT2D eigenvalue weighted by molar-refractivity contribution is 0.0697. The minimum atomic E-state index is -3.83. The monoisotopic (exact) mass is 391 g/mol. The Bertz CT molecular complexity index is 785. The highest BCUT2D eigenvalue weighted by atomic mass is 79.9. The number of carboxylic acids is 1. The van der Waals surface area contributed by atoms with Crippen molar-refractivity contribution >= 4 is 48.9 Å². The van der Waals surface area contributed by atoms with E-state index in [0.717, 1.165) is 11.3 Å². The molecular formula is C12H10BrNO5S2. The molecule has 0 fully saturated rings. The molecular weight excluding hydrogens is 382 g/mol. The maximum Gasteiger partial charge on any atom is 0.335 e. The lowest BCUT2D eigenvalue weighted by atomic mass is 10.2. The Hall–Kier alpha value is -1.58. The molecule has 2 N–H and O–H groups in total. The number of hydrogen-bond donors (Lipinski definition) is 2. The fourth-order valence-electron chi connectivity index (χ4n) is 1.58. The van der Waals surface area contributed by atoms with E-state index in [-0.39, 0.29) is 21.2 Å². The number of nitrogens with one attached hydrogen (secondary N) is 1. The largest absolute Gasteiger partial charge is 0.495 e. The molecule has 21 heavy (non-hydrogen) atoms. The van der Waals surface area contributed by atoms with Crippen molar-refractivity contribution in [2.45, 2.75) is 4.21 Å². The summed E-state index contributed by atoms with van der Waals surface area (Å²) in [5, 5.41) is 10.6. The highest BCUT2D eigenvalue weighted by molar-refractivity contribution is 9.10. The molecule has 0 atom stereocenters. The Labute approximate surface area is 133 Å². The molecule has 0 aliphatic rings. The molecule has 0 saturated carbocycles. The average Bonchev–Trinajstić information content (AvgIpc) is 2.85. The molecule has 1 heterocycles. The van der Waals surface area contributed by atoms with E-state index in [0.29, 0.717) is 4.47 Å². The number of carboxylic acid groups (broad SMARTS) is 1. The van der Waals surface area contributed by atoms with Gasteiger partial charge in [-0.3, -0.25) is 4.72 Å². The quantitative estimate of drug-likeness (QED) is 0.816. The Morgan fingerprint density at radius 2 is 2.10 bits per heavy atom. The number of halogens is 1. The number of hydrogen-bond acceptors (Lipinski definition) is 5. The smallest absolute Gasteiger partial charge is 0.335 e. The van der Waals surface area contributed by atoms with Crippen molar-refractivity contribution in [2.75, 3.05) is 11.8 Å². The minimum absolute atomic E-state index is 0.0428. The summed E-state index contributed by atoms with van der Waals surface area (Å²) in [6.07, 6.45) is 0. The van der Waals surface area contributed by atoms with Crippen LogP contribution in [0.5, 0.6) is 5.75 Å². The standard InChI is InChI=1S/C12H10BrNO5S2/c1-19-10-3-2-7(11(15)16)6-9(10)14-21(17,18)12-8(13)4-5-20-12/h2-6,14H,1H3,(H,15,16). The highest BCUT2D eigenvalue weighted by Crippen LogP contribution is 2.32. The molecule has 0 spiro atoms. The van der Waals surface area contributed by atoms with Gasteiger partial charge < -0.3 is 9.84 Å². The summed E-state index contributed by atoms with van der Waals surface area (Å²) in [5.74, 6) is -0.924. The molecule has 0 unspecified atom stereocenters. The van der Waals surface area contributed by atoms with Crippen LogP contribution in [0.15, 0.2) is 38.3 Å². The summed E-state index contributed by atoms with van der Waals surface area (Å²) in [6.45, 7) is 0. The zero-order chi connectivity index (χ0) is 15.6. The van der Waals surface area contributed by atoms with Gasteiger partial charge in [0.1, 0.15) is 5.75 Å². The van der Waals surface area contributed by atoms with E-state index in [4.69, 9.17) is 9.84 Å². The van der Waals surface area contributed by atoms with E-state index in [9.17, 15) is 13.2 Å². The van der Waals surface area contributed by atoms with Gasteiger partial charge in [-0.25, -0.2) is 13.2 Å². The van der Waals surface area contributed by atoms with Crippen LogP contribution >= 0.6 is 27.3 Å². The summed E-state index contributed by atoms with van der Waals surface area (Å²) in [5.41, 5.74) is 0.0245. The molecule has 1 aromatic carbocycles. The summed E-state index contributed by atoms with van der Waals surface area (Å²) in [6, 6.07) is 5.55. The Balaban J connectivity index is 2.45. The zero-order valence-corrected chi connectivity index (χ0v) is 13.9. The fourth-order valence-corrected chi connectivity index (χ4v) is 4.98. The lowest BCUT2D eigenvalue weighted by Crippen LogP contribution is -2.13. The molecule has 0 aliphatic carbocycles. The predicted octanol–water partition coefficient (Wildman–Crippen LogP) is 3.02. The molecule has 2 rings (SSSR count). The first-order valence-electron chi connectivity index (χ1n) is 5.52. The topological polar surface area (TPSA) is 92.7 Å². The third-order valence-corrected chi connectivity index (χ3v) is 6.55. The van der Waals surface area contributed by atoms with Crippen molar-refractivity contribution in [3.8, 4) is 5.75 Å². The van der Waals surface area contributed by atoms with Gasteiger partial charge in [0, 0.05) is 4.47 Å². The number of rotatable bonds is 5. The molecule has 0 aliphatic heterocycles. The number of aromatic carboxylic acids is 1. The molecule has 0 bridgehead atoms. The third-order valence-electron chi connectivity index (χ3n) is 2.52. The van der Waals surface area contributed by atoms with Gasteiger partial charge in [0.2, 0.25) is 0 Å². The second kappa shape index (κ2) is 6.04. The molecule has 112 valence electrons. The van der Waals surface area contributed by atoms with Gasteiger partial charge in [-0.2, -0.15) is 0 Å². The number of anilines is 1. The van der Waals surface area contributed by atoms with Crippen molar-refractivity contribution in [1.82, 2.24) is 0 Å². The first-order chi connectivity index (χ1) is 9.85. The average molecular weight is 392 g/mol. The number of benzene rings is 1. The first kappa shape index (κ1) is 15.8. The number of methoxy groups -OCH3 is 1. The SMILES string of the molecule is COc1ccc(C(=O)O)cc1NS(=O)(=O)c1sccc1Br. The van der Waals surface area contributed by atoms with E-state index in [1.807, 2.05) is 0 Å². The van der Waals surface area contributed by atoms with Crippen LogP contribution in [0.3, 0.4) is 0 Å². The van der Waals surface area contributed by atoms with Gasteiger partial charge in [-0.05, 0) is 45.6 Å². The minimum Gasteiger partial charge on any atom is -0.495 e. The van der Waals surface area contributed by atoms with E-state index in [1.165, 1.54) is 25.3 Å². The van der Waals surface area contributed by atoms with Crippen molar-refractivity contribution in [3.05, 3.63) is 39.7 Å². The van der Waals surface area contributed by atoms with Crippen LogP contribution in [0.1, 0.15) is 10.4 Å². The van der Waals surface area contributed by atoms with Crippen LogP contribution in [0.2, 0.25) is 0 Å². The molecule has 2 aromatic rings. The van der Waals surface area contributed by atoms with Gasteiger partial charge in [0.05, 0.1) is 18.4 Å². The molecule has 0 radical (unpaired) electrons. The number of carbonyl (C=O) groups is 1. The van der Waals surface area contributed by atoms with Crippen molar-refractivity contribution < 1.29 is 23.1 Å². The van der Waals surface area contributed by atoms with Crippen molar-refractivity contribution in [3.63, 3.8) is 0 Å². The molecule has 9 heteroatoms. The van der Waals surface area contributed by atoms with Gasteiger partial charge in [0.15, 0.2) is 4.21 Å². The Morgan fingerprint density at radius 1 is 1.38 bits per heavy atom. The second-order valence-electron chi connectivity index (χ2n) is 3.88. The van der Waals surface area contributed by atoms with Gasteiger partial charge in [-0.1, -0.05) is 0 Å². The lowest BCUT2D eigenvalue weighted by Gasteiger charge is -2.12. The van der Waals surface area contributed by atoms with Crippen molar-refractivity contribution in [1.29, 1.82) is 0 Å². The maximum atomic E-state index is 12.3. The van der Waals surface area contributed by atoms with Crippen LogP contribution < -0.4 is 9.46 Å². The van der Waals surface area contributed by atoms with Crippen LogP contribution in [-0.4, -0.2) is 26.6 Å². The van der Waals surface area contributed by atoms with E-state index in [2.05, 4.69) is 20.7 Å². The molecule has 1 aromatic heterocycles. The van der Waals surface area contributed by atoms with Crippen LogP contribution in [0, 0.1) is 0 Å². The molecule has 0 amide bonds. The summed E-state index contributed by atoms with van der Waals surface area (Å²) >= 11 is 4.20. The van der Waals surface area contributed by atoms with E-state index < -0.39 is 16.0 Å².